The molecule has 0 aromatic heterocycles. The third kappa shape index (κ3) is 47.9. The van der Waals surface area contributed by atoms with Crippen LogP contribution in [-0.4, -0.2) is 37.2 Å². The van der Waals surface area contributed by atoms with Crippen LogP contribution in [0.3, 0.4) is 0 Å². The van der Waals surface area contributed by atoms with Crippen molar-refractivity contribution in [2.24, 2.45) is 0 Å². The summed E-state index contributed by atoms with van der Waals surface area (Å²) in [7, 11) is 0. The van der Waals surface area contributed by atoms with E-state index in [1.165, 1.54) is 109 Å². The number of unbranched alkanes of at least 4 members (excludes halogenated alkanes) is 23. The van der Waals surface area contributed by atoms with Crippen LogP contribution < -0.4 is 0 Å². The smallest absolute Gasteiger partial charge is 0.306 e. The van der Waals surface area contributed by atoms with Gasteiger partial charge in [0.2, 0.25) is 0 Å². The maximum atomic E-state index is 12.8. The Morgan fingerprint density at radius 1 is 0.339 bits per heavy atom. The maximum absolute atomic E-state index is 12.8. The van der Waals surface area contributed by atoms with Crippen LogP contribution in [0.5, 0.6) is 0 Å². The lowest BCUT2D eigenvalue weighted by Gasteiger charge is -2.18. The topological polar surface area (TPSA) is 78.9 Å². The normalized spacial score (nSPS) is 12.6. The summed E-state index contributed by atoms with van der Waals surface area (Å²) in [6.07, 6.45) is 63.1. The van der Waals surface area contributed by atoms with Crippen molar-refractivity contribution in [2.75, 3.05) is 13.2 Å². The summed E-state index contributed by atoms with van der Waals surface area (Å²) in [5, 5.41) is 0. The maximum Gasteiger partial charge on any atom is 0.306 e. The zero-order chi connectivity index (χ0) is 45.1. The molecule has 1 atom stereocenters. The minimum atomic E-state index is -0.803. The van der Waals surface area contributed by atoms with E-state index in [-0.39, 0.29) is 37.5 Å². The largest absolute Gasteiger partial charge is 0.462 e. The fraction of sp³-hybridized carbons (Fsp3) is 0.732. The van der Waals surface area contributed by atoms with Gasteiger partial charge in [-0.15, -0.1) is 0 Å². The first-order valence-corrected chi connectivity index (χ1v) is 25.9. The third-order valence-electron chi connectivity index (χ3n) is 10.9. The summed E-state index contributed by atoms with van der Waals surface area (Å²) in [6.45, 7) is 6.46. The fourth-order valence-corrected chi connectivity index (χ4v) is 7.01. The first-order chi connectivity index (χ1) is 30.5. The van der Waals surface area contributed by atoms with E-state index in [1.54, 1.807) is 0 Å². The van der Waals surface area contributed by atoms with Gasteiger partial charge in [-0.2, -0.15) is 0 Å². The van der Waals surface area contributed by atoms with E-state index in [4.69, 9.17) is 14.2 Å². The predicted octanol–water partition coefficient (Wildman–Crippen LogP) is 17.0. The van der Waals surface area contributed by atoms with Crippen LogP contribution in [0.2, 0.25) is 0 Å². The van der Waals surface area contributed by atoms with Gasteiger partial charge < -0.3 is 14.2 Å². The van der Waals surface area contributed by atoms with Crippen molar-refractivity contribution in [3.8, 4) is 0 Å². The monoisotopic (exact) mass is 865 g/mol. The molecule has 0 spiro atoms. The molecule has 6 nitrogen and oxygen atoms in total. The summed E-state index contributed by atoms with van der Waals surface area (Å²) in [6, 6.07) is 0. The zero-order valence-corrected chi connectivity index (χ0v) is 40.6. The van der Waals surface area contributed by atoms with Gasteiger partial charge in [-0.25, -0.2) is 0 Å². The molecule has 0 radical (unpaired) electrons. The summed E-state index contributed by atoms with van der Waals surface area (Å²) in [5.74, 6) is -0.956. The average Bonchev–Trinajstić information content (AvgIpc) is 3.27. The Labute approximate surface area is 382 Å². The van der Waals surface area contributed by atoms with Crippen LogP contribution in [0.1, 0.15) is 245 Å². The Morgan fingerprint density at radius 2 is 0.629 bits per heavy atom. The molecule has 356 valence electrons. The van der Waals surface area contributed by atoms with Gasteiger partial charge in [-0.3, -0.25) is 14.4 Å². The van der Waals surface area contributed by atoms with Crippen LogP contribution in [-0.2, 0) is 28.6 Å². The quantitative estimate of drug-likeness (QED) is 0.0262. The molecule has 0 aliphatic heterocycles. The lowest BCUT2D eigenvalue weighted by Crippen LogP contribution is -2.30. The van der Waals surface area contributed by atoms with Gasteiger partial charge in [-0.1, -0.05) is 190 Å². The molecule has 62 heavy (non-hydrogen) atoms. The van der Waals surface area contributed by atoms with Crippen molar-refractivity contribution in [1.82, 2.24) is 0 Å². The van der Waals surface area contributed by atoms with Gasteiger partial charge in [0.1, 0.15) is 13.2 Å². The number of hydrogen-bond acceptors (Lipinski definition) is 6. The molecule has 0 aromatic rings. The van der Waals surface area contributed by atoms with Crippen molar-refractivity contribution in [3.63, 3.8) is 0 Å². The van der Waals surface area contributed by atoms with Crippen LogP contribution in [0, 0.1) is 0 Å². The summed E-state index contributed by atoms with van der Waals surface area (Å²) in [5.41, 5.74) is 0. The Balaban J connectivity index is 4.47. The Bertz CT molecular complexity index is 1180. The highest BCUT2D eigenvalue weighted by Gasteiger charge is 2.19. The molecule has 0 aromatic carbocycles. The third-order valence-corrected chi connectivity index (χ3v) is 10.9. The second kappa shape index (κ2) is 50.5. The molecular weight excluding hydrogens is 769 g/mol. The number of rotatable bonds is 46. The molecule has 0 heterocycles. The summed E-state index contributed by atoms with van der Waals surface area (Å²) >= 11 is 0. The van der Waals surface area contributed by atoms with E-state index >= 15 is 0 Å². The number of allylic oxidation sites excluding steroid dienone is 12. The van der Waals surface area contributed by atoms with Gasteiger partial charge in [0.25, 0.3) is 0 Å². The van der Waals surface area contributed by atoms with E-state index in [2.05, 4.69) is 93.7 Å². The Kier molecular flexibility index (Phi) is 47.9. The van der Waals surface area contributed by atoms with Crippen molar-refractivity contribution in [1.29, 1.82) is 0 Å². The minimum Gasteiger partial charge on any atom is -0.462 e. The number of esters is 3. The molecule has 6 heteroatoms. The number of carbonyl (C=O) groups excluding carboxylic acids is 3. The van der Waals surface area contributed by atoms with E-state index in [1.807, 2.05) is 0 Å². The van der Waals surface area contributed by atoms with E-state index in [0.29, 0.717) is 19.3 Å². The molecule has 0 unspecified atom stereocenters. The van der Waals surface area contributed by atoms with Gasteiger partial charge in [0, 0.05) is 19.3 Å². The first-order valence-electron chi connectivity index (χ1n) is 25.9. The lowest BCUT2D eigenvalue weighted by molar-refractivity contribution is -0.167. The summed E-state index contributed by atoms with van der Waals surface area (Å²) < 4.78 is 16.7. The van der Waals surface area contributed by atoms with Crippen LogP contribution >= 0.6 is 0 Å². The highest BCUT2D eigenvalue weighted by atomic mass is 16.6. The molecule has 0 amide bonds. The van der Waals surface area contributed by atoms with Crippen molar-refractivity contribution >= 4 is 17.9 Å². The molecule has 0 fully saturated rings. The van der Waals surface area contributed by atoms with Gasteiger partial charge in [0.05, 0.1) is 0 Å². The standard InChI is InChI=1S/C56H96O6/c1-4-7-10-13-16-19-22-25-27-29-31-34-37-40-43-46-49-55(58)61-52-53(51-60-54(57)48-45-42-39-36-33-30-24-21-18-15-12-9-6-3)62-56(59)50-47-44-41-38-35-32-28-26-23-20-17-14-11-8-5-2/h8,11,17,20-21,24,26-29,35,38,53H,4-7,9-10,12-16,18-19,22-23,25,30-34,36-37,39-52H2,1-3H3/b11-8-,20-17-,24-21-,28-26-,29-27-,38-35-/t53-/m1/s1. The Morgan fingerprint density at radius 3 is 1.05 bits per heavy atom. The highest BCUT2D eigenvalue weighted by Crippen LogP contribution is 2.13. The van der Waals surface area contributed by atoms with Gasteiger partial charge in [0.15, 0.2) is 6.10 Å². The molecule has 0 aliphatic rings. The number of hydrogen-bond donors (Lipinski definition) is 0. The van der Waals surface area contributed by atoms with E-state index in [0.717, 1.165) is 89.9 Å². The molecule has 0 rings (SSSR count). The Hall–Kier alpha value is -3.15. The lowest BCUT2D eigenvalue weighted by atomic mass is 10.1. The second-order valence-electron chi connectivity index (χ2n) is 17.0. The van der Waals surface area contributed by atoms with Crippen molar-refractivity contribution in [2.45, 2.75) is 252 Å². The average molecular weight is 865 g/mol. The number of ether oxygens (including phenoxy) is 3. The first kappa shape index (κ1) is 58.9. The molecule has 0 saturated carbocycles. The van der Waals surface area contributed by atoms with Crippen molar-refractivity contribution in [3.05, 3.63) is 72.9 Å². The number of carbonyl (C=O) groups is 3. The van der Waals surface area contributed by atoms with Crippen molar-refractivity contribution < 1.29 is 28.6 Å². The van der Waals surface area contributed by atoms with Crippen LogP contribution in [0.25, 0.3) is 0 Å². The zero-order valence-electron chi connectivity index (χ0n) is 40.6. The van der Waals surface area contributed by atoms with Crippen LogP contribution in [0.4, 0.5) is 0 Å². The SMILES string of the molecule is CC/C=C\C/C=C\C/C=C\C/C=C\CCCCC(=O)O[C@H](COC(=O)CCCCCCC/C=C\CCCCCC)COC(=O)CCCCCCC/C=C\CCCCCCCCC. The molecule has 0 bridgehead atoms. The van der Waals surface area contributed by atoms with Crippen LogP contribution in [0.15, 0.2) is 72.9 Å². The minimum absolute atomic E-state index is 0.0990. The molecular formula is C56H96O6. The van der Waals surface area contributed by atoms with E-state index in [9.17, 15) is 14.4 Å². The highest BCUT2D eigenvalue weighted by molar-refractivity contribution is 5.71. The summed E-state index contributed by atoms with van der Waals surface area (Å²) in [4.78, 5) is 38.0. The molecule has 0 aliphatic carbocycles. The molecule has 0 N–H and O–H groups in total. The van der Waals surface area contributed by atoms with Gasteiger partial charge >= 0.3 is 17.9 Å². The van der Waals surface area contributed by atoms with E-state index < -0.39 is 6.10 Å². The molecule has 0 saturated heterocycles. The second-order valence-corrected chi connectivity index (χ2v) is 17.0. The predicted molar refractivity (Wildman–Crippen MR) is 265 cm³/mol. The fourth-order valence-electron chi connectivity index (χ4n) is 7.01. The van der Waals surface area contributed by atoms with Gasteiger partial charge in [-0.05, 0) is 109 Å².